The summed E-state index contributed by atoms with van der Waals surface area (Å²) in [6, 6.07) is 26.0. The second kappa shape index (κ2) is 12.1. The molecule has 1 amide bonds. The molecule has 41 heavy (non-hydrogen) atoms. The molecule has 5 rings (SSSR count). The van der Waals surface area contributed by atoms with Crippen LogP contribution in [0, 0.1) is 12.8 Å². The van der Waals surface area contributed by atoms with Crippen LogP contribution in [0.3, 0.4) is 0 Å². The number of amides is 1. The first-order chi connectivity index (χ1) is 19.8. The van der Waals surface area contributed by atoms with Crippen LogP contribution in [0.4, 0.5) is 0 Å². The second-order valence-corrected chi connectivity index (χ2v) is 12.3. The highest BCUT2D eigenvalue weighted by atomic mass is 32.2. The van der Waals surface area contributed by atoms with Crippen molar-refractivity contribution >= 4 is 16.0 Å². The van der Waals surface area contributed by atoms with Gasteiger partial charge in [-0.1, -0.05) is 78.4 Å². The summed E-state index contributed by atoms with van der Waals surface area (Å²) in [5.41, 5.74) is 7.94. The van der Waals surface area contributed by atoms with Gasteiger partial charge in [0.1, 0.15) is 5.41 Å². The van der Waals surface area contributed by atoms with E-state index in [1.165, 1.54) is 0 Å². The Labute approximate surface area is 242 Å². The molecule has 2 aliphatic rings. The van der Waals surface area contributed by atoms with Crippen LogP contribution in [0.25, 0.3) is 0 Å². The molecule has 0 spiro atoms. The number of nitrogens with zero attached hydrogens (tertiary/aromatic N) is 2. The van der Waals surface area contributed by atoms with Crippen LogP contribution in [0.1, 0.15) is 36.0 Å². The number of benzene rings is 3. The molecular formula is C32H37N3O5S. The van der Waals surface area contributed by atoms with Crippen LogP contribution in [0.2, 0.25) is 0 Å². The topological polar surface area (TPSA) is 102 Å². The fourth-order valence-corrected chi connectivity index (χ4v) is 7.31. The highest BCUT2D eigenvalue weighted by Crippen LogP contribution is 2.48. The van der Waals surface area contributed by atoms with Crippen LogP contribution >= 0.6 is 0 Å². The fraction of sp³-hybridized carbons (Fsp3) is 0.344. The summed E-state index contributed by atoms with van der Waals surface area (Å²) >= 11 is 0. The predicted molar refractivity (Wildman–Crippen MR) is 157 cm³/mol. The Hall–Kier alpha value is -3.66. The summed E-state index contributed by atoms with van der Waals surface area (Å²) in [5.74, 6) is -0.500. The van der Waals surface area contributed by atoms with Gasteiger partial charge in [0.2, 0.25) is 12.3 Å². The third kappa shape index (κ3) is 5.62. The molecular weight excluding hydrogens is 538 g/mol. The number of hydrogen-bond acceptors (Lipinski definition) is 7. The van der Waals surface area contributed by atoms with Crippen molar-refractivity contribution in [3.8, 4) is 0 Å². The number of ether oxygens (including phenoxy) is 1. The van der Waals surface area contributed by atoms with Crippen molar-refractivity contribution in [2.75, 3.05) is 20.3 Å². The number of methoxy groups -OCH3 is 1. The molecule has 1 aliphatic carbocycles. The lowest BCUT2D eigenvalue weighted by molar-refractivity contribution is -0.124. The number of hydrogen-bond donors (Lipinski definition) is 1. The molecule has 9 heteroatoms. The van der Waals surface area contributed by atoms with Gasteiger partial charge in [0.25, 0.3) is 10.1 Å². The number of carbonyl (C=O) groups excluding carboxylic acids is 1. The van der Waals surface area contributed by atoms with Gasteiger partial charge in [-0.15, -0.1) is 0 Å². The second-order valence-electron chi connectivity index (χ2n) is 10.7. The lowest BCUT2D eigenvalue weighted by Gasteiger charge is -2.39. The molecule has 2 N–H and O–H groups in total. The molecule has 0 bridgehead atoms. The molecule has 3 aromatic carbocycles. The van der Waals surface area contributed by atoms with Crippen molar-refractivity contribution in [3.63, 3.8) is 0 Å². The molecule has 1 fully saturated rings. The fourth-order valence-electron chi connectivity index (χ4n) is 6.29. The van der Waals surface area contributed by atoms with Crippen molar-refractivity contribution in [3.05, 3.63) is 114 Å². The lowest BCUT2D eigenvalue weighted by atomic mass is 9.64. The van der Waals surface area contributed by atoms with E-state index in [9.17, 15) is 13.2 Å². The smallest absolute Gasteiger partial charge is 0.300 e. The monoisotopic (exact) mass is 575 g/mol. The Morgan fingerprint density at radius 1 is 0.927 bits per heavy atom. The van der Waals surface area contributed by atoms with Crippen LogP contribution in [0.5, 0.6) is 0 Å². The zero-order valence-corrected chi connectivity index (χ0v) is 24.2. The Balaban J connectivity index is 1.46. The van der Waals surface area contributed by atoms with Gasteiger partial charge in [-0.2, -0.15) is 8.42 Å². The SMILES string of the molecule is COCCN1C=CN(C2CCC(C(C(N)=O)(c3ccccc3)c3ccccc3)C2)C1OS(=O)(=O)c1ccc(C)cc1. The van der Waals surface area contributed by atoms with Crippen molar-refractivity contribution in [2.24, 2.45) is 11.7 Å². The molecule has 216 valence electrons. The van der Waals surface area contributed by atoms with Crippen molar-refractivity contribution < 1.29 is 22.1 Å². The quantitative estimate of drug-likeness (QED) is 0.339. The van der Waals surface area contributed by atoms with Crippen LogP contribution in [0.15, 0.2) is 102 Å². The van der Waals surface area contributed by atoms with Gasteiger partial charge in [0.05, 0.1) is 11.5 Å². The summed E-state index contributed by atoms with van der Waals surface area (Å²) in [6.45, 7) is 2.76. The third-order valence-corrected chi connectivity index (χ3v) is 9.61. The maximum Gasteiger partial charge on any atom is 0.300 e. The Bertz CT molecular complexity index is 1420. The average Bonchev–Trinajstić information content (AvgIpc) is 3.61. The molecule has 1 heterocycles. The first kappa shape index (κ1) is 28.9. The summed E-state index contributed by atoms with van der Waals surface area (Å²) in [4.78, 5) is 17.4. The maximum absolute atomic E-state index is 13.5. The van der Waals surface area contributed by atoms with Gasteiger partial charge in [-0.25, -0.2) is 4.18 Å². The van der Waals surface area contributed by atoms with E-state index in [1.807, 2.05) is 89.8 Å². The molecule has 0 aromatic heterocycles. The normalized spacial score (nSPS) is 21.0. The van der Waals surface area contributed by atoms with E-state index in [-0.39, 0.29) is 16.9 Å². The molecule has 3 atom stereocenters. The molecule has 0 saturated heterocycles. The molecule has 3 unspecified atom stereocenters. The van der Waals surface area contributed by atoms with Crippen LogP contribution in [-0.4, -0.2) is 56.8 Å². The van der Waals surface area contributed by atoms with E-state index in [4.69, 9.17) is 14.7 Å². The number of rotatable bonds is 11. The highest BCUT2D eigenvalue weighted by Gasteiger charge is 2.51. The van der Waals surface area contributed by atoms with Gasteiger partial charge in [-0.3, -0.25) is 4.79 Å². The van der Waals surface area contributed by atoms with E-state index >= 15 is 0 Å². The van der Waals surface area contributed by atoms with Gasteiger partial charge in [-0.05, 0) is 55.4 Å². The van der Waals surface area contributed by atoms with Crippen molar-refractivity contribution in [1.29, 1.82) is 0 Å². The number of primary amides is 1. The molecule has 3 aromatic rings. The Morgan fingerprint density at radius 3 is 2.10 bits per heavy atom. The largest absolute Gasteiger partial charge is 0.383 e. The summed E-state index contributed by atoms with van der Waals surface area (Å²) in [7, 11) is -2.45. The number of aryl methyl sites for hydroxylation is 1. The molecule has 1 aliphatic heterocycles. The van der Waals surface area contributed by atoms with Crippen LogP contribution in [-0.2, 0) is 29.2 Å². The summed E-state index contributed by atoms with van der Waals surface area (Å²) < 4.78 is 37.9. The van der Waals surface area contributed by atoms with Gasteiger partial charge >= 0.3 is 0 Å². The minimum absolute atomic E-state index is 0.0758. The first-order valence-electron chi connectivity index (χ1n) is 13.9. The van der Waals surface area contributed by atoms with E-state index in [2.05, 4.69) is 0 Å². The van der Waals surface area contributed by atoms with Crippen molar-refractivity contribution in [2.45, 2.75) is 48.9 Å². The third-order valence-electron chi connectivity index (χ3n) is 8.33. The Morgan fingerprint density at radius 2 is 1.54 bits per heavy atom. The standard InChI is InChI=1S/C32H37N3O5S/c1-24-13-17-29(18-14-24)41(37,38)40-31-34(21-22-39-2)19-20-35(31)28-16-15-27(23-28)32(30(33)36,25-9-5-3-6-10-25)26-11-7-4-8-12-26/h3-14,17-20,27-28,31H,15-16,21-23H2,1-2H3,(H2,33,36). The molecule has 0 radical (unpaired) electrons. The first-order valence-corrected chi connectivity index (χ1v) is 15.3. The molecule has 8 nitrogen and oxygen atoms in total. The van der Waals surface area contributed by atoms with E-state index < -0.39 is 27.8 Å². The maximum atomic E-state index is 13.5. The van der Waals surface area contributed by atoms with Gasteiger partial charge in [0, 0.05) is 32.1 Å². The number of nitrogens with two attached hydrogens (primary N) is 1. The van der Waals surface area contributed by atoms with Gasteiger partial charge in [0.15, 0.2) is 0 Å². The number of carbonyl (C=O) groups is 1. The zero-order valence-electron chi connectivity index (χ0n) is 23.4. The lowest BCUT2D eigenvalue weighted by Crippen LogP contribution is -2.49. The summed E-state index contributed by atoms with van der Waals surface area (Å²) in [5, 5.41) is 0. The van der Waals surface area contributed by atoms with E-state index in [1.54, 1.807) is 31.4 Å². The van der Waals surface area contributed by atoms with Gasteiger partial charge < -0.3 is 20.3 Å². The zero-order chi connectivity index (χ0) is 29.0. The van der Waals surface area contributed by atoms with E-state index in [0.717, 1.165) is 29.5 Å². The van der Waals surface area contributed by atoms with Crippen LogP contribution < -0.4 is 5.73 Å². The minimum atomic E-state index is -4.06. The highest BCUT2D eigenvalue weighted by molar-refractivity contribution is 7.86. The predicted octanol–water partition coefficient (Wildman–Crippen LogP) is 4.36. The minimum Gasteiger partial charge on any atom is -0.383 e. The average molecular weight is 576 g/mol. The van der Waals surface area contributed by atoms with E-state index in [0.29, 0.717) is 19.6 Å². The Kier molecular flexibility index (Phi) is 8.49. The summed E-state index contributed by atoms with van der Waals surface area (Å²) in [6.07, 6.45) is 4.95. The molecule has 1 saturated carbocycles. The van der Waals surface area contributed by atoms with Crippen molar-refractivity contribution in [1.82, 2.24) is 9.80 Å².